The summed E-state index contributed by atoms with van der Waals surface area (Å²) in [5.74, 6) is 1.12. The summed E-state index contributed by atoms with van der Waals surface area (Å²) in [5, 5.41) is 0. The van der Waals surface area contributed by atoms with Crippen LogP contribution in [-0.2, 0) is 0 Å². The highest BCUT2D eigenvalue weighted by Crippen LogP contribution is 2.23. The number of hydrogen-bond acceptors (Lipinski definition) is 0. The minimum Gasteiger partial charge on any atom is -0.103 e. The van der Waals surface area contributed by atoms with Gasteiger partial charge in [0, 0.05) is 0 Å². The summed E-state index contributed by atoms with van der Waals surface area (Å²) in [6.07, 6.45) is 2.01. The highest BCUT2D eigenvalue weighted by atomic mass is 14.1. The molecule has 0 bridgehead atoms. The fourth-order valence-electron chi connectivity index (χ4n) is 1.26. The summed E-state index contributed by atoms with van der Waals surface area (Å²) in [7, 11) is 0. The van der Waals surface area contributed by atoms with E-state index in [0.29, 0.717) is 11.8 Å². The third-order valence-corrected chi connectivity index (χ3v) is 2.49. The van der Waals surface area contributed by atoms with Gasteiger partial charge in [-0.25, -0.2) is 0 Å². The van der Waals surface area contributed by atoms with Crippen LogP contribution < -0.4 is 0 Å². The molecule has 0 unspecified atom stereocenters. The highest BCUT2D eigenvalue weighted by Gasteiger charge is 2.09. The van der Waals surface area contributed by atoms with Gasteiger partial charge < -0.3 is 0 Å². The summed E-state index contributed by atoms with van der Waals surface area (Å²) >= 11 is 0. The van der Waals surface area contributed by atoms with Gasteiger partial charge in [0.15, 0.2) is 0 Å². The summed E-state index contributed by atoms with van der Waals surface area (Å²) in [5.41, 5.74) is 1.39. The van der Waals surface area contributed by atoms with Crippen LogP contribution in [0.2, 0.25) is 0 Å². The van der Waals surface area contributed by atoms with Crippen molar-refractivity contribution in [3.63, 3.8) is 0 Å². The molecule has 0 nitrogen and oxygen atoms in total. The lowest BCUT2D eigenvalue weighted by Crippen LogP contribution is -2.02. The molecule has 12 heavy (non-hydrogen) atoms. The number of hydrogen-bond donors (Lipinski definition) is 0. The van der Waals surface area contributed by atoms with Gasteiger partial charge in [0.2, 0.25) is 0 Å². The lowest BCUT2D eigenvalue weighted by atomic mass is 9.89. The minimum absolute atomic E-state index is 0.549. The molecule has 0 fully saturated rings. The number of benzene rings is 1. The SMILES string of the molecule is C=C[C@H](C)[C@H](C)c1ccccc1. The second-order valence-electron chi connectivity index (χ2n) is 3.29. The molecule has 0 amide bonds. The third kappa shape index (κ3) is 1.97. The Morgan fingerprint density at radius 2 is 1.75 bits per heavy atom. The van der Waals surface area contributed by atoms with E-state index in [1.807, 2.05) is 6.08 Å². The Morgan fingerprint density at radius 1 is 1.17 bits per heavy atom. The first-order valence-corrected chi connectivity index (χ1v) is 4.43. The van der Waals surface area contributed by atoms with Gasteiger partial charge in [-0.2, -0.15) is 0 Å². The van der Waals surface area contributed by atoms with Crippen molar-refractivity contribution in [1.29, 1.82) is 0 Å². The fourth-order valence-corrected chi connectivity index (χ4v) is 1.26. The molecular formula is C12H16. The average Bonchev–Trinajstić information content (AvgIpc) is 2.17. The van der Waals surface area contributed by atoms with Gasteiger partial charge >= 0.3 is 0 Å². The Balaban J connectivity index is 2.78. The van der Waals surface area contributed by atoms with Gasteiger partial charge in [0.1, 0.15) is 0 Å². The van der Waals surface area contributed by atoms with Crippen LogP contribution in [0.25, 0.3) is 0 Å². The summed E-state index contributed by atoms with van der Waals surface area (Å²) in [6.45, 7) is 8.24. The molecule has 1 aromatic rings. The minimum atomic E-state index is 0.549. The lowest BCUT2D eigenvalue weighted by molar-refractivity contribution is 0.592. The summed E-state index contributed by atoms with van der Waals surface area (Å²) < 4.78 is 0. The molecule has 0 aliphatic rings. The third-order valence-electron chi connectivity index (χ3n) is 2.49. The van der Waals surface area contributed by atoms with Crippen LogP contribution in [0.1, 0.15) is 25.3 Å². The van der Waals surface area contributed by atoms with E-state index in [9.17, 15) is 0 Å². The molecule has 0 aliphatic carbocycles. The van der Waals surface area contributed by atoms with Crippen molar-refractivity contribution in [2.24, 2.45) is 5.92 Å². The van der Waals surface area contributed by atoms with Gasteiger partial charge in [0.05, 0.1) is 0 Å². The van der Waals surface area contributed by atoms with Crippen molar-refractivity contribution < 1.29 is 0 Å². The van der Waals surface area contributed by atoms with Crippen molar-refractivity contribution in [1.82, 2.24) is 0 Å². The van der Waals surface area contributed by atoms with E-state index in [1.54, 1.807) is 0 Å². The van der Waals surface area contributed by atoms with Crippen molar-refractivity contribution >= 4 is 0 Å². The topological polar surface area (TPSA) is 0 Å². The zero-order chi connectivity index (χ0) is 8.97. The smallest absolute Gasteiger partial charge is 0.0130 e. The zero-order valence-corrected chi connectivity index (χ0v) is 7.83. The molecule has 2 atom stereocenters. The molecule has 64 valence electrons. The maximum absolute atomic E-state index is 3.81. The van der Waals surface area contributed by atoms with Gasteiger partial charge in [-0.15, -0.1) is 6.58 Å². The van der Waals surface area contributed by atoms with Crippen molar-refractivity contribution in [3.8, 4) is 0 Å². The van der Waals surface area contributed by atoms with Crippen molar-refractivity contribution in [2.75, 3.05) is 0 Å². The number of rotatable bonds is 3. The van der Waals surface area contributed by atoms with Crippen LogP contribution in [-0.4, -0.2) is 0 Å². The second kappa shape index (κ2) is 4.10. The van der Waals surface area contributed by atoms with Crippen LogP contribution in [0.5, 0.6) is 0 Å². The molecular weight excluding hydrogens is 144 g/mol. The molecule has 0 heterocycles. The normalized spacial score (nSPS) is 15.2. The Kier molecular flexibility index (Phi) is 3.09. The molecule has 1 rings (SSSR count). The predicted molar refractivity (Wildman–Crippen MR) is 54.2 cm³/mol. The van der Waals surface area contributed by atoms with Gasteiger partial charge in [-0.05, 0) is 17.4 Å². The quantitative estimate of drug-likeness (QED) is 0.592. The lowest BCUT2D eigenvalue weighted by Gasteiger charge is -2.16. The largest absolute Gasteiger partial charge is 0.103 e. The van der Waals surface area contributed by atoms with Crippen molar-refractivity contribution in [3.05, 3.63) is 48.6 Å². The van der Waals surface area contributed by atoms with E-state index < -0.39 is 0 Å². The van der Waals surface area contributed by atoms with Gasteiger partial charge in [-0.3, -0.25) is 0 Å². The molecule has 0 spiro atoms. The van der Waals surface area contributed by atoms with Crippen LogP contribution in [0.3, 0.4) is 0 Å². The number of allylic oxidation sites excluding steroid dienone is 1. The van der Waals surface area contributed by atoms with Gasteiger partial charge in [-0.1, -0.05) is 50.3 Å². The Morgan fingerprint density at radius 3 is 2.25 bits per heavy atom. The summed E-state index contributed by atoms with van der Waals surface area (Å²) in [6, 6.07) is 10.6. The first kappa shape index (κ1) is 9.05. The van der Waals surface area contributed by atoms with E-state index in [2.05, 4.69) is 50.8 Å². The van der Waals surface area contributed by atoms with Crippen LogP contribution in [0.4, 0.5) is 0 Å². The van der Waals surface area contributed by atoms with Crippen LogP contribution >= 0.6 is 0 Å². The first-order chi connectivity index (χ1) is 5.75. The van der Waals surface area contributed by atoms with Crippen LogP contribution in [0, 0.1) is 5.92 Å². The average molecular weight is 160 g/mol. The highest BCUT2D eigenvalue weighted by molar-refractivity contribution is 5.20. The molecule has 0 heteroatoms. The Hall–Kier alpha value is -1.04. The monoisotopic (exact) mass is 160 g/mol. The van der Waals surface area contributed by atoms with E-state index in [-0.39, 0.29) is 0 Å². The molecule has 0 N–H and O–H groups in total. The molecule has 1 aromatic carbocycles. The van der Waals surface area contributed by atoms with Crippen molar-refractivity contribution in [2.45, 2.75) is 19.8 Å². The molecule has 0 radical (unpaired) electrons. The van der Waals surface area contributed by atoms with Gasteiger partial charge in [0.25, 0.3) is 0 Å². The summed E-state index contributed by atoms with van der Waals surface area (Å²) in [4.78, 5) is 0. The second-order valence-corrected chi connectivity index (χ2v) is 3.29. The molecule has 0 saturated heterocycles. The van der Waals surface area contributed by atoms with E-state index in [1.165, 1.54) is 5.56 Å². The van der Waals surface area contributed by atoms with E-state index in [4.69, 9.17) is 0 Å². The molecule has 0 aromatic heterocycles. The van der Waals surface area contributed by atoms with E-state index >= 15 is 0 Å². The predicted octanol–water partition coefficient (Wildman–Crippen LogP) is 3.61. The zero-order valence-electron chi connectivity index (χ0n) is 7.83. The fraction of sp³-hybridized carbons (Fsp3) is 0.333. The Bertz CT molecular complexity index is 235. The van der Waals surface area contributed by atoms with E-state index in [0.717, 1.165) is 0 Å². The maximum atomic E-state index is 3.81. The van der Waals surface area contributed by atoms with Crippen LogP contribution in [0.15, 0.2) is 43.0 Å². The maximum Gasteiger partial charge on any atom is -0.0130 e. The standard InChI is InChI=1S/C12H16/c1-4-10(2)11(3)12-8-6-5-7-9-12/h4-11H,1H2,2-3H3/t10-,11-/m0/s1. The first-order valence-electron chi connectivity index (χ1n) is 4.43. The molecule has 0 aliphatic heterocycles. The Labute approximate surface area is 74.9 Å². The molecule has 0 saturated carbocycles.